The van der Waals surface area contributed by atoms with Crippen LogP contribution < -0.4 is 15.8 Å². The summed E-state index contributed by atoms with van der Waals surface area (Å²) in [6, 6.07) is 8.47. The van der Waals surface area contributed by atoms with Gasteiger partial charge in [0.05, 0.1) is 18.3 Å². The number of ether oxygens (including phenoxy) is 1. The second-order valence-corrected chi connectivity index (χ2v) is 5.52. The normalized spacial score (nSPS) is 12.1. The van der Waals surface area contributed by atoms with E-state index in [0.717, 1.165) is 47.3 Å². The number of hydrogen-bond donors (Lipinski definition) is 2. The molecule has 3 N–H and O–H groups in total. The number of hydrogen-bond acceptors (Lipinski definition) is 4. The Labute approximate surface area is 132 Å². The number of anilines is 1. The average Bonchev–Trinajstić information content (AvgIpc) is 2.53. The van der Waals surface area contributed by atoms with Crippen molar-refractivity contribution in [3.05, 3.63) is 42.6 Å². The number of nitrogens with two attached hydrogens (primary N) is 1. The van der Waals surface area contributed by atoms with E-state index in [0.29, 0.717) is 12.6 Å². The molecule has 0 amide bonds. The summed E-state index contributed by atoms with van der Waals surface area (Å²) in [6.45, 7) is 6.66. The second-order valence-electron chi connectivity index (χ2n) is 5.52. The number of nitrogens with one attached hydrogen (secondary N) is 1. The number of fused-ring (bicyclic) bond motifs is 1. The monoisotopic (exact) mass is 299 g/mol. The van der Waals surface area contributed by atoms with E-state index in [-0.39, 0.29) is 0 Å². The highest BCUT2D eigenvalue weighted by molar-refractivity contribution is 5.92. The average molecular weight is 299 g/mol. The fraction of sp³-hybridized carbons (Fsp3) is 0.389. The number of methoxy groups -OCH3 is 1. The van der Waals surface area contributed by atoms with Gasteiger partial charge in [0.2, 0.25) is 0 Å². The Morgan fingerprint density at radius 1 is 1.41 bits per heavy atom. The maximum atomic E-state index is 5.59. The first-order chi connectivity index (χ1) is 10.7. The molecule has 4 nitrogen and oxygen atoms in total. The van der Waals surface area contributed by atoms with Crippen LogP contribution in [0.1, 0.15) is 25.5 Å². The summed E-state index contributed by atoms with van der Waals surface area (Å²) >= 11 is 0. The first-order valence-corrected chi connectivity index (χ1v) is 7.73. The van der Waals surface area contributed by atoms with Gasteiger partial charge in [-0.05, 0) is 38.4 Å². The van der Waals surface area contributed by atoms with Gasteiger partial charge in [0.1, 0.15) is 5.75 Å². The predicted molar refractivity (Wildman–Crippen MR) is 93.6 cm³/mol. The minimum atomic E-state index is 0.337. The van der Waals surface area contributed by atoms with E-state index >= 15 is 0 Å². The molecule has 0 radical (unpaired) electrons. The summed E-state index contributed by atoms with van der Waals surface area (Å²) in [6.07, 6.45) is 4.67. The van der Waals surface area contributed by atoms with Gasteiger partial charge >= 0.3 is 0 Å². The number of aromatic nitrogens is 1. The molecule has 1 heterocycles. The van der Waals surface area contributed by atoms with Crippen LogP contribution in [-0.2, 0) is 6.42 Å². The van der Waals surface area contributed by atoms with Gasteiger partial charge in [0.15, 0.2) is 0 Å². The molecule has 0 spiro atoms. The predicted octanol–water partition coefficient (Wildman–Crippen LogP) is 3.51. The Bertz CT molecular complexity index is 640. The fourth-order valence-electron chi connectivity index (χ4n) is 2.50. The van der Waals surface area contributed by atoms with Gasteiger partial charge in [0, 0.05) is 29.6 Å². The first-order valence-electron chi connectivity index (χ1n) is 7.73. The van der Waals surface area contributed by atoms with Crippen molar-refractivity contribution in [3.8, 4) is 5.75 Å². The maximum absolute atomic E-state index is 5.59. The summed E-state index contributed by atoms with van der Waals surface area (Å²) in [5.41, 5.74) is 8.59. The zero-order valence-electron chi connectivity index (χ0n) is 13.4. The quantitative estimate of drug-likeness (QED) is 0.732. The highest BCUT2D eigenvalue weighted by Gasteiger charge is 2.10. The number of pyridine rings is 1. The molecule has 0 bridgehead atoms. The van der Waals surface area contributed by atoms with Crippen LogP contribution in [0.3, 0.4) is 0 Å². The Kier molecular flexibility index (Phi) is 5.78. The van der Waals surface area contributed by atoms with E-state index in [4.69, 9.17) is 15.5 Å². The molecule has 0 aliphatic carbocycles. The molecule has 2 rings (SSSR count). The summed E-state index contributed by atoms with van der Waals surface area (Å²) in [7, 11) is 1.68. The molecule has 1 atom stereocenters. The molecule has 2 aromatic rings. The van der Waals surface area contributed by atoms with E-state index in [2.05, 4.69) is 24.9 Å². The minimum Gasteiger partial charge on any atom is -0.497 e. The van der Waals surface area contributed by atoms with Gasteiger partial charge in [-0.15, -0.1) is 6.58 Å². The lowest BCUT2D eigenvalue weighted by molar-refractivity contribution is 0.415. The third-order valence-corrected chi connectivity index (χ3v) is 3.66. The van der Waals surface area contributed by atoms with Gasteiger partial charge in [-0.1, -0.05) is 12.1 Å². The van der Waals surface area contributed by atoms with E-state index in [9.17, 15) is 0 Å². The fourth-order valence-corrected chi connectivity index (χ4v) is 2.50. The highest BCUT2D eigenvalue weighted by atomic mass is 16.5. The Balaban J connectivity index is 2.38. The van der Waals surface area contributed by atoms with Crippen molar-refractivity contribution < 1.29 is 4.74 Å². The molecule has 0 fully saturated rings. The summed E-state index contributed by atoms with van der Waals surface area (Å²) in [5, 5.41) is 4.61. The lowest BCUT2D eigenvalue weighted by atomic mass is 10.1. The van der Waals surface area contributed by atoms with Crippen molar-refractivity contribution in [2.45, 2.75) is 32.2 Å². The molecule has 0 saturated heterocycles. The molecule has 118 valence electrons. The van der Waals surface area contributed by atoms with Crippen molar-refractivity contribution >= 4 is 16.6 Å². The van der Waals surface area contributed by atoms with E-state index in [1.807, 2.05) is 24.3 Å². The summed E-state index contributed by atoms with van der Waals surface area (Å²) < 4.78 is 5.40. The van der Waals surface area contributed by atoms with Crippen molar-refractivity contribution in [1.82, 2.24) is 4.98 Å². The van der Waals surface area contributed by atoms with Gasteiger partial charge in [-0.2, -0.15) is 0 Å². The molecule has 22 heavy (non-hydrogen) atoms. The Morgan fingerprint density at radius 2 is 2.23 bits per heavy atom. The van der Waals surface area contributed by atoms with Crippen LogP contribution in [0.2, 0.25) is 0 Å². The first kappa shape index (κ1) is 16.3. The van der Waals surface area contributed by atoms with Crippen LogP contribution in [0.15, 0.2) is 36.9 Å². The van der Waals surface area contributed by atoms with Gasteiger partial charge in [-0.3, -0.25) is 4.98 Å². The van der Waals surface area contributed by atoms with Crippen LogP contribution in [0.4, 0.5) is 5.69 Å². The second kappa shape index (κ2) is 7.80. The number of allylic oxidation sites excluding steroid dienone is 1. The molecular weight excluding hydrogens is 274 g/mol. The van der Waals surface area contributed by atoms with Crippen molar-refractivity contribution in [2.75, 3.05) is 19.0 Å². The molecule has 0 saturated carbocycles. The van der Waals surface area contributed by atoms with Crippen molar-refractivity contribution in [1.29, 1.82) is 0 Å². The number of nitrogens with zero attached hydrogens (tertiary/aromatic N) is 1. The van der Waals surface area contributed by atoms with E-state index in [1.54, 1.807) is 7.11 Å². The van der Waals surface area contributed by atoms with Gasteiger partial charge in [0.25, 0.3) is 0 Å². The smallest absolute Gasteiger partial charge is 0.121 e. The summed E-state index contributed by atoms with van der Waals surface area (Å²) in [5.74, 6) is 0.833. The number of rotatable bonds is 8. The van der Waals surface area contributed by atoms with Gasteiger partial charge in [-0.25, -0.2) is 0 Å². The van der Waals surface area contributed by atoms with Crippen LogP contribution in [-0.4, -0.2) is 24.7 Å². The molecule has 1 aromatic carbocycles. The highest BCUT2D eigenvalue weighted by Crippen LogP contribution is 2.29. The lowest BCUT2D eigenvalue weighted by Crippen LogP contribution is -2.17. The Morgan fingerprint density at radius 3 is 2.91 bits per heavy atom. The number of benzene rings is 1. The molecule has 0 aliphatic rings. The molecular formula is C18H25N3O. The standard InChI is InChI=1S/C18H25N3O/c1-4-6-15-9-8-14-11-16(22-3)12-17(18(14)21-15)20-13(2)7-5-10-19/h4,8-9,11-13,20H,1,5-7,10,19H2,2-3H3. The van der Waals surface area contributed by atoms with E-state index in [1.165, 1.54) is 0 Å². The van der Waals surface area contributed by atoms with Crippen LogP contribution >= 0.6 is 0 Å². The maximum Gasteiger partial charge on any atom is 0.121 e. The van der Waals surface area contributed by atoms with E-state index < -0.39 is 0 Å². The van der Waals surface area contributed by atoms with Crippen LogP contribution in [0.5, 0.6) is 5.75 Å². The zero-order valence-corrected chi connectivity index (χ0v) is 13.4. The third kappa shape index (κ3) is 3.98. The lowest BCUT2D eigenvalue weighted by Gasteiger charge is -2.17. The van der Waals surface area contributed by atoms with Crippen LogP contribution in [0.25, 0.3) is 10.9 Å². The van der Waals surface area contributed by atoms with Gasteiger partial charge < -0.3 is 15.8 Å². The van der Waals surface area contributed by atoms with Crippen molar-refractivity contribution in [2.24, 2.45) is 5.73 Å². The topological polar surface area (TPSA) is 60.2 Å². The molecule has 1 unspecified atom stereocenters. The third-order valence-electron chi connectivity index (χ3n) is 3.66. The SMILES string of the molecule is C=CCc1ccc2cc(OC)cc(NC(C)CCCN)c2n1. The van der Waals surface area contributed by atoms with Crippen molar-refractivity contribution in [3.63, 3.8) is 0 Å². The Hall–Kier alpha value is -2.07. The molecule has 0 aliphatic heterocycles. The molecule has 4 heteroatoms. The zero-order chi connectivity index (χ0) is 15.9. The summed E-state index contributed by atoms with van der Waals surface area (Å²) in [4.78, 5) is 4.76. The minimum absolute atomic E-state index is 0.337. The molecule has 1 aromatic heterocycles. The van der Waals surface area contributed by atoms with Crippen LogP contribution in [0, 0.1) is 0 Å². The largest absolute Gasteiger partial charge is 0.497 e.